The fourth-order valence-electron chi connectivity index (χ4n) is 4.26. The molecule has 0 spiro atoms. The Balaban J connectivity index is 1.71. The van der Waals surface area contributed by atoms with Crippen molar-refractivity contribution in [3.63, 3.8) is 0 Å². The number of carbonyl (C=O) groups excluding carboxylic acids is 3. The van der Waals surface area contributed by atoms with Crippen molar-refractivity contribution < 1.29 is 23.5 Å². The van der Waals surface area contributed by atoms with Gasteiger partial charge < -0.3 is 48.0 Å². The Morgan fingerprint density at radius 1 is 0.800 bits per heavy atom. The van der Waals surface area contributed by atoms with Crippen LogP contribution in [0.25, 0.3) is 11.0 Å². The summed E-state index contributed by atoms with van der Waals surface area (Å²) < 4.78 is 10.6. The van der Waals surface area contributed by atoms with Gasteiger partial charge in [-0.15, -0.1) is 0 Å². The summed E-state index contributed by atoms with van der Waals surface area (Å²) in [5.41, 5.74) is 22.4. The van der Waals surface area contributed by atoms with Crippen LogP contribution in [0.3, 0.4) is 0 Å². The summed E-state index contributed by atoms with van der Waals surface area (Å²) in [7, 11) is 0. The Morgan fingerprint density at radius 3 is 2.04 bits per heavy atom. The number of rotatable bonds is 16. The van der Waals surface area contributed by atoms with Crippen LogP contribution in [0.15, 0.2) is 79.9 Å². The number of nitrogens with one attached hydrogen (secondary N) is 3. The minimum Gasteiger partial charge on any atom is -0.445 e. The highest BCUT2D eigenvalue weighted by Gasteiger charge is 2.27. The molecule has 1 aromatic heterocycles. The van der Waals surface area contributed by atoms with Gasteiger partial charge in [-0.05, 0) is 43.4 Å². The van der Waals surface area contributed by atoms with Gasteiger partial charge in [0.2, 0.25) is 11.8 Å². The number of aliphatic imine (C=N–C) groups is 2. The van der Waals surface area contributed by atoms with Gasteiger partial charge in [0.1, 0.15) is 24.3 Å². The van der Waals surface area contributed by atoms with Crippen molar-refractivity contribution in [3.8, 4) is 0 Å². The zero-order chi connectivity index (χ0) is 32.6. The van der Waals surface area contributed by atoms with Gasteiger partial charge in [0.15, 0.2) is 11.9 Å². The van der Waals surface area contributed by atoms with Crippen LogP contribution in [0, 0.1) is 0 Å². The first-order valence-electron chi connectivity index (χ1n) is 14.3. The first-order chi connectivity index (χ1) is 21.6. The number of alkyl carbamates (subject to hydrolysis) is 1. The lowest BCUT2D eigenvalue weighted by Gasteiger charge is -2.23. The molecule has 0 aliphatic heterocycles. The molecule has 0 aliphatic rings. The highest BCUT2D eigenvalue weighted by Crippen LogP contribution is 2.13. The standard InChI is InChI=1S/C30H39N9O6/c31-28(32)35-14-6-11-22(25(40)37-17-21-16-20-10-4-5-13-24(20)45-27(21)42)38-26(41)23(12-7-15-36-29(33)34)39-30(43)44-18-19-8-2-1-3-9-19/h1-5,8-10,13,16,22-23H,6-7,11-12,14-15,17-18H2,(H,37,40)(H,38,41)(H,39,43)(H4,31,32,35)(H4,33,34,36)/t22-,23-/m0/s1. The zero-order valence-electron chi connectivity index (χ0n) is 24.7. The van der Waals surface area contributed by atoms with Gasteiger partial charge in [-0.3, -0.25) is 19.6 Å². The number of benzene rings is 2. The Labute approximate surface area is 259 Å². The number of ether oxygens (including phenoxy) is 1. The molecule has 0 bridgehead atoms. The Kier molecular flexibility index (Phi) is 13.2. The number of carbonyl (C=O) groups is 3. The van der Waals surface area contributed by atoms with E-state index in [4.69, 9.17) is 32.1 Å². The normalized spacial score (nSPS) is 11.9. The second-order valence-corrected chi connectivity index (χ2v) is 10.0. The molecule has 0 saturated heterocycles. The molecule has 0 fully saturated rings. The van der Waals surface area contributed by atoms with Crippen molar-refractivity contribution in [1.82, 2.24) is 16.0 Å². The van der Waals surface area contributed by atoms with E-state index >= 15 is 0 Å². The third-order valence-corrected chi connectivity index (χ3v) is 6.51. The highest BCUT2D eigenvalue weighted by molar-refractivity contribution is 5.91. The summed E-state index contributed by atoms with van der Waals surface area (Å²) in [5, 5.41) is 8.63. The number of amides is 3. The van der Waals surface area contributed by atoms with E-state index in [1.807, 2.05) is 18.2 Å². The number of guanidine groups is 2. The summed E-state index contributed by atoms with van der Waals surface area (Å²) >= 11 is 0. The molecule has 0 unspecified atom stereocenters. The second-order valence-electron chi connectivity index (χ2n) is 10.0. The number of nitrogens with zero attached hydrogens (tertiary/aromatic N) is 2. The molecule has 15 nitrogen and oxygen atoms in total. The molecular formula is C30H39N9O6. The molecule has 15 heteroatoms. The number of hydrogen-bond acceptors (Lipinski definition) is 8. The maximum Gasteiger partial charge on any atom is 0.408 e. The number of para-hydroxylation sites is 1. The molecule has 11 N–H and O–H groups in total. The van der Waals surface area contributed by atoms with Crippen molar-refractivity contribution in [1.29, 1.82) is 0 Å². The van der Waals surface area contributed by atoms with E-state index in [9.17, 15) is 19.2 Å². The van der Waals surface area contributed by atoms with Gasteiger partial charge in [0.05, 0.1) is 12.1 Å². The quantitative estimate of drug-likeness (QED) is 0.0498. The van der Waals surface area contributed by atoms with Gasteiger partial charge >= 0.3 is 11.7 Å². The zero-order valence-corrected chi connectivity index (χ0v) is 24.7. The maximum atomic E-state index is 13.4. The molecule has 0 saturated carbocycles. The van der Waals surface area contributed by atoms with Gasteiger partial charge in [-0.1, -0.05) is 48.5 Å². The van der Waals surface area contributed by atoms with Crippen LogP contribution in [-0.2, 0) is 27.5 Å². The van der Waals surface area contributed by atoms with Gasteiger partial charge in [-0.2, -0.15) is 0 Å². The van der Waals surface area contributed by atoms with Gasteiger partial charge in [0.25, 0.3) is 0 Å². The van der Waals surface area contributed by atoms with Crippen LogP contribution >= 0.6 is 0 Å². The van der Waals surface area contributed by atoms with Crippen molar-refractivity contribution in [3.05, 3.63) is 82.2 Å². The summed E-state index contributed by atoms with van der Waals surface area (Å²) in [4.78, 5) is 59.6. The SMILES string of the molecule is NC(N)=NCCC[C@H](NC(=O)OCc1ccccc1)C(=O)N[C@@H](CCCN=C(N)N)C(=O)NCc1cc2ccccc2oc1=O. The lowest BCUT2D eigenvalue weighted by molar-refractivity contribution is -0.130. The number of fused-ring (bicyclic) bond motifs is 1. The van der Waals surface area contributed by atoms with Crippen molar-refractivity contribution in [2.24, 2.45) is 32.9 Å². The summed E-state index contributed by atoms with van der Waals surface area (Å²) in [5.74, 6) is -1.42. The van der Waals surface area contributed by atoms with Crippen LogP contribution < -0.4 is 44.5 Å². The lowest BCUT2D eigenvalue weighted by atomic mass is 10.1. The van der Waals surface area contributed by atoms with Gasteiger partial charge in [0, 0.05) is 18.5 Å². The molecule has 0 radical (unpaired) electrons. The van der Waals surface area contributed by atoms with Crippen LogP contribution in [-0.4, -0.2) is 55.0 Å². The molecule has 1 heterocycles. The minimum absolute atomic E-state index is 0.00635. The van der Waals surface area contributed by atoms with E-state index in [0.29, 0.717) is 23.8 Å². The van der Waals surface area contributed by atoms with E-state index in [1.54, 1.807) is 42.5 Å². The molecule has 3 amide bonds. The molecule has 240 valence electrons. The third-order valence-electron chi connectivity index (χ3n) is 6.51. The minimum atomic E-state index is -1.08. The fourth-order valence-corrected chi connectivity index (χ4v) is 4.26. The maximum absolute atomic E-state index is 13.4. The average Bonchev–Trinajstić information content (AvgIpc) is 3.01. The van der Waals surface area contributed by atoms with Crippen LogP contribution in [0.5, 0.6) is 0 Å². The third kappa shape index (κ3) is 11.9. The predicted molar refractivity (Wildman–Crippen MR) is 170 cm³/mol. The smallest absolute Gasteiger partial charge is 0.408 e. The first kappa shape index (κ1) is 33.9. The van der Waals surface area contributed by atoms with Crippen LogP contribution in [0.2, 0.25) is 0 Å². The van der Waals surface area contributed by atoms with E-state index in [1.165, 1.54) is 0 Å². The van der Waals surface area contributed by atoms with E-state index in [-0.39, 0.29) is 56.6 Å². The van der Waals surface area contributed by atoms with Crippen LogP contribution in [0.4, 0.5) is 4.79 Å². The highest BCUT2D eigenvalue weighted by atomic mass is 16.5. The molecule has 3 aromatic rings. The van der Waals surface area contributed by atoms with E-state index in [2.05, 4.69) is 25.9 Å². The first-order valence-corrected chi connectivity index (χ1v) is 14.3. The van der Waals surface area contributed by atoms with Crippen LogP contribution in [0.1, 0.15) is 36.8 Å². The lowest BCUT2D eigenvalue weighted by Crippen LogP contribution is -2.53. The fraction of sp³-hybridized carbons (Fsp3) is 0.333. The van der Waals surface area contributed by atoms with E-state index < -0.39 is 35.6 Å². The Bertz CT molecular complexity index is 1550. The van der Waals surface area contributed by atoms with Crippen molar-refractivity contribution in [2.45, 2.75) is 50.9 Å². The second kappa shape index (κ2) is 17.5. The number of nitrogens with two attached hydrogens (primary N) is 4. The average molecular weight is 622 g/mol. The molecule has 3 rings (SSSR count). The molecule has 2 aromatic carbocycles. The predicted octanol–water partition coefficient (Wildman–Crippen LogP) is 0.296. The Morgan fingerprint density at radius 2 is 1.40 bits per heavy atom. The number of hydrogen-bond donors (Lipinski definition) is 7. The summed E-state index contributed by atoms with van der Waals surface area (Å²) in [6.07, 6.45) is 0.158. The summed E-state index contributed by atoms with van der Waals surface area (Å²) in [6, 6.07) is 15.5. The molecule has 45 heavy (non-hydrogen) atoms. The molecule has 2 atom stereocenters. The van der Waals surface area contributed by atoms with Crippen molar-refractivity contribution >= 4 is 40.8 Å². The topological polar surface area (TPSA) is 256 Å². The largest absolute Gasteiger partial charge is 0.445 e. The Hall–Kier alpha value is -5.60. The summed E-state index contributed by atoms with van der Waals surface area (Å²) in [6.45, 7) is 0.276. The monoisotopic (exact) mass is 621 g/mol. The van der Waals surface area contributed by atoms with Crippen molar-refractivity contribution in [2.75, 3.05) is 13.1 Å². The molecule has 0 aliphatic carbocycles. The van der Waals surface area contributed by atoms with Gasteiger partial charge in [-0.25, -0.2) is 9.59 Å². The van der Waals surface area contributed by atoms with E-state index in [0.717, 1.165) is 5.56 Å². The molecular weight excluding hydrogens is 582 g/mol.